The first kappa shape index (κ1) is 13.9. The average Bonchev–Trinajstić information content (AvgIpc) is 2.41. The highest BCUT2D eigenvalue weighted by molar-refractivity contribution is 4.94. The van der Waals surface area contributed by atoms with E-state index in [1.165, 1.54) is 64.5 Å². The van der Waals surface area contributed by atoms with Gasteiger partial charge >= 0.3 is 0 Å². The molecule has 0 radical (unpaired) electrons. The SMILES string of the molecule is C[C@@H]1C[C@H](CC2CCCCN2)[C@@H]2CCCN(C)[C@@H]2C1. The highest BCUT2D eigenvalue weighted by atomic mass is 15.1. The molecule has 5 atom stereocenters. The van der Waals surface area contributed by atoms with Crippen LogP contribution in [0.3, 0.4) is 0 Å². The Kier molecular flexibility index (Phi) is 4.48. The van der Waals surface area contributed by atoms with Gasteiger partial charge in [0.05, 0.1) is 0 Å². The molecule has 0 aromatic rings. The third-order valence-electron chi connectivity index (χ3n) is 6.06. The van der Waals surface area contributed by atoms with Crippen LogP contribution in [0.1, 0.15) is 58.3 Å². The van der Waals surface area contributed by atoms with Crippen LogP contribution in [-0.4, -0.2) is 37.1 Å². The lowest BCUT2D eigenvalue weighted by Gasteiger charge is -2.49. The average molecular weight is 264 g/mol. The van der Waals surface area contributed by atoms with Crippen molar-refractivity contribution in [3.8, 4) is 0 Å². The Bertz CT molecular complexity index is 285. The predicted octanol–water partition coefficient (Wildman–Crippen LogP) is 3.28. The Morgan fingerprint density at radius 3 is 2.79 bits per heavy atom. The molecular weight excluding hydrogens is 232 g/mol. The summed E-state index contributed by atoms with van der Waals surface area (Å²) < 4.78 is 0. The van der Waals surface area contributed by atoms with Gasteiger partial charge in [-0.05, 0) is 82.8 Å². The fourth-order valence-electron chi connectivity index (χ4n) is 5.13. The number of likely N-dealkylation sites (tertiary alicyclic amines) is 1. The van der Waals surface area contributed by atoms with E-state index in [-0.39, 0.29) is 0 Å². The highest BCUT2D eigenvalue weighted by Crippen LogP contribution is 2.43. The second-order valence-electron chi connectivity index (χ2n) is 7.57. The molecule has 2 saturated heterocycles. The van der Waals surface area contributed by atoms with Crippen molar-refractivity contribution in [2.24, 2.45) is 17.8 Å². The van der Waals surface area contributed by atoms with Gasteiger partial charge in [0, 0.05) is 12.1 Å². The van der Waals surface area contributed by atoms with Crippen molar-refractivity contribution in [3.63, 3.8) is 0 Å². The van der Waals surface area contributed by atoms with Crippen molar-refractivity contribution in [1.82, 2.24) is 10.2 Å². The Balaban J connectivity index is 1.64. The molecule has 1 unspecified atom stereocenters. The number of nitrogens with zero attached hydrogens (tertiary/aromatic N) is 1. The molecule has 1 saturated carbocycles. The Labute approximate surface area is 119 Å². The quantitative estimate of drug-likeness (QED) is 0.823. The van der Waals surface area contributed by atoms with Gasteiger partial charge in [-0.25, -0.2) is 0 Å². The number of fused-ring (bicyclic) bond motifs is 1. The van der Waals surface area contributed by atoms with Crippen molar-refractivity contribution < 1.29 is 0 Å². The van der Waals surface area contributed by atoms with Crippen molar-refractivity contribution in [2.75, 3.05) is 20.1 Å². The van der Waals surface area contributed by atoms with Gasteiger partial charge < -0.3 is 10.2 Å². The van der Waals surface area contributed by atoms with Crippen LogP contribution in [0.25, 0.3) is 0 Å². The molecule has 0 aromatic carbocycles. The fraction of sp³-hybridized carbons (Fsp3) is 1.00. The zero-order chi connectivity index (χ0) is 13.2. The Morgan fingerprint density at radius 2 is 2.00 bits per heavy atom. The van der Waals surface area contributed by atoms with E-state index in [0.717, 1.165) is 29.8 Å². The molecule has 3 rings (SSSR count). The fourth-order valence-corrected chi connectivity index (χ4v) is 5.13. The summed E-state index contributed by atoms with van der Waals surface area (Å²) in [5, 5.41) is 3.77. The monoisotopic (exact) mass is 264 g/mol. The minimum absolute atomic E-state index is 0.830. The maximum atomic E-state index is 3.77. The van der Waals surface area contributed by atoms with Gasteiger partial charge in [0.25, 0.3) is 0 Å². The second kappa shape index (κ2) is 6.13. The molecule has 0 spiro atoms. The van der Waals surface area contributed by atoms with Gasteiger partial charge in [0.2, 0.25) is 0 Å². The lowest BCUT2D eigenvalue weighted by molar-refractivity contribution is 0.0145. The molecule has 0 amide bonds. The van der Waals surface area contributed by atoms with E-state index < -0.39 is 0 Å². The molecule has 3 aliphatic rings. The molecule has 19 heavy (non-hydrogen) atoms. The largest absolute Gasteiger partial charge is 0.314 e. The number of nitrogens with one attached hydrogen (secondary N) is 1. The van der Waals surface area contributed by atoms with E-state index in [0.29, 0.717) is 0 Å². The third kappa shape index (κ3) is 3.16. The smallest absolute Gasteiger partial charge is 0.0126 e. The minimum atomic E-state index is 0.830. The van der Waals surface area contributed by atoms with Crippen LogP contribution in [0.4, 0.5) is 0 Å². The van der Waals surface area contributed by atoms with E-state index in [1.54, 1.807) is 0 Å². The van der Waals surface area contributed by atoms with Gasteiger partial charge in [-0.1, -0.05) is 13.3 Å². The van der Waals surface area contributed by atoms with Crippen LogP contribution >= 0.6 is 0 Å². The second-order valence-corrected chi connectivity index (χ2v) is 7.57. The van der Waals surface area contributed by atoms with Crippen LogP contribution in [-0.2, 0) is 0 Å². The Morgan fingerprint density at radius 1 is 1.11 bits per heavy atom. The molecule has 2 heterocycles. The molecule has 3 fully saturated rings. The van der Waals surface area contributed by atoms with E-state index in [4.69, 9.17) is 0 Å². The topological polar surface area (TPSA) is 15.3 Å². The molecule has 0 aromatic heterocycles. The summed E-state index contributed by atoms with van der Waals surface area (Å²) in [6.07, 6.45) is 11.6. The maximum Gasteiger partial charge on any atom is 0.0126 e. The maximum absolute atomic E-state index is 3.77. The molecule has 1 N–H and O–H groups in total. The molecule has 2 aliphatic heterocycles. The number of rotatable bonds is 2. The number of hydrogen-bond donors (Lipinski definition) is 1. The lowest BCUT2D eigenvalue weighted by Crippen LogP contribution is -2.50. The van der Waals surface area contributed by atoms with Gasteiger partial charge in [0.1, 0.15) is 0 Å². The first-order chi connectivity index (χ1) is 9.24. The molecule has 2 nitrogen and oxygen atoms in total. The van der Waals surface area contributed by atoms with Crippen molar-refractivity contribution in [1.29, 1.82) is 0 Å². The van der Waals surface area contributed by atoms with E-state index in [9.17, 15) is 0 Å². The van der Waals surface area contributed by atoms with Crippen LogP contribution in [0.5, 0.6) is 0 Å². The molecular formula is C17H32N2. The third-order valence-corrected chi connectivity index (χ3v) is 6.06. The summed E-state index contributed by atoms with van der Waals surface area (Å²) in [4.78, 5) is 2.67. The van der Waals surface area contributed by atoms with Gasteiger partial charge in [-0.3, -0.25) is 0 Å². The predicted molar refractivity (Wildman–Crippen MR) is 81.3 cm³/mol. The summed E-state index contributed by atoms with van der Waals surface area (Å²) in [5.74, 6) is 2.93. The highest BCUT2D eigenvalue weighted by Gasteiger charge is 2.40. The normalized spacial score (nSPS) is 44.8. The molecule has 110 valence electrons. The van der Waals surface area contributed by atoms with Crippen LogP contribution in [0.15, 0.2) is 0 Å². The van der Waals surface area contributed by atoms with E-state index in [1.807, 2.05) is 0 Å². The zero-order valence-electron chi connectivity index (χ0n) is 12.9. The van der Waals surface area contributed by atoms with E-state index >= 15 is 0 Å². The Hall–Kier alpha value is -0.0800. The number of piperidine rings is 2. The molecule has 1 aliphatic carbocycles. The molecule has 0 bridgehead atoms. The lowest BCUT2D eigenvalue weighted by atomic mass is 9.66. The van der Waals surface area contributed by atoms with Gasteiger partial charge in [-0.15, -0.1) is 0 Å². The summed E-state index contributed by atoms with van der Waals surface area (Å²) in [7, 11) is 2.37. The van der Waals surface area contributed by atoms with Crippen molar-refractivity contribution in [3.05, 3.63) is 0 Å². The van der Waals surface area contributed by atoms with Crippen LogP contribution in [0.2, 0.25) is 0 Å². The summed E-state index contributed by atoms with van der Waals surface area (Å²) in [5.41, 5.74) is 0. The van der Waals surface area contributed by atoms with Crippen molar-refractivity contribution in [2.45, 2.75) is 70.4 Å². The summed E-state index contributed by atoms with van der Waals surface area (Å²) >= 11 is 0. The van der Waals surface area contributed by atoms with Gasteiger partial charge in [0.15, 0.2) is 0 Å². The van der Waals surface area contributed by atoms with Crippen LogP contribution in [0, 0.1) is 17.8 Å². The summed E-state index contributed by atoms with van der Waals surface area (Å²) in [6.45, 7) is 5.09. The van der Waals surface area contributed by atoms with Gasteiger partial charge in [-0.2, -0.15) is 0 Å². The standard InChI is InChI=1S/C17H32N2/c1-13-10-14(12-15-6-3-4-8-18-15)16-7-5-9-19(2)17(16)11-13/h13-18H,3-12H2,1-2H3/t13-,14-,15?,16+,17-/m1/s1. The van der Waals surface area contributed by atoms with Crippen molar-refractivity contribution >= 4 is 0 Å². The van der Waals surface area contributed by atoms with Crippen LogP contribution < -0.4 is 5.32 Å². The minimum Gasteiger partial charge on any atom is -0.314 e. The first-order valence-electron chi connectivity index (χ1n) is 8.67. The number of hydrogen-bond acceptors (Lipinski definition) is 2. The molecule has 2 heteroatoms. The first-order valence-corrected chi connectivity index (χ1v) is 8.67. The summed E-state index contributed by atoms with van der Waals surface area (Å²) in [6, 6.07) is 1.73. The van der Waals surface area contributed by atoms with E-state index in [2.05, 4.69) is 24.2 Å². The zero-order valence-corrected chi connectivity index (χ0v) is 12.9.